The Kier molecular flexibility index (Phi) is 7.30. The molecule has 0 aliphatic rings. The van der Waals surface area contributed by atoms with E-state index in [1.807, 2.05) is 48.5 Å². The van der Waals surface area contributed by atoms with Crippen LogP contribution in [-0.4, -0.2) is 22.5 Å². The summed E-state index contributed by atoms with van der Waals surface area (Å²) in [5.41, 5.74) is 9.74. The van der Waals surface area contributed by atoms with Gasteiger partial charge in [-0.1, -0.05) is 42.5 Å². The third-order valence-corrected chi connectivity index (χ3v) is 4.50. The van der Waals surface area contributed by atoms with Crippen molar-refractivity contribution >= 4 is 17.6 Å². The van der Waals surface area contributed by atoms with Crippen LogP contribution in [-0.2, 0) is 29.0 Å². The standard InChI is InChI=1S/C23H26N4O2/c1-2-29-22(28)13-10-20-14-15-25-23(26-20)27(17-19-6-4-3-5-7-19)21-11-8-18(16-24)9-12-21/h3-9,11-12,14-15H,2,10,13,16-17,24H2,1H3. The lowest BCUT2D eigenvalue weighted by Crippen LogP contribution is -2.20. The minimum absolute atomic E-state index is 0.217. The number of rotatable bonds is 9. The number of carbonyl (C=O) groups is 1. The lowest BCUT2D eigenvalue weighted by molar-refractivity contribution is -0.143. The van der Waals surface area contributed by atoms with Crippen LogP contribution in [0, 0.1) is 0 Å². The summed E-state index contributed by atoms with van der Waals surface area (Å²) < 4.78 is 5.01. The van der Waals surface area contributed by atoms with Crippen LogP contribution >= 0.6 is 0 Å². The van der Waals surface area contributed by atoms with Gasteiger partial charge in [0, 0.05) is 30.5 Å². The molecule has 0 aliphatic heterocycles. The van der Waals surface area contributed by atoms with Gasteiger partial charge < -0.3 is 15.4 Å². The Balaban J connectivity index is 1.86. The van der Waals surface area contributed by atoms with Gasteiger partial charge in [-0.3, -0.25) is 4.79 Å². The van der Waals surface area contributed by atoms with Crippen LogP contribution < -0.4 is 10.6 Å². The van der Waals surface area contributed by atoms with Crippen molar-refractivity contribution in [3.8, 4) is 0 Å². The van der Waals surface area contributed by atoms with Gasteiger partial charge in [-0.05, 0) is 36.2 Å². The van der Waals surface area contributed by atoms with E-state index in [0.717, 1.165) is 22.5 Å². The second-order valence-corrected chi connectivity index (χ2v) is 6.60. The molecule has 0 saturated heterocycles. The molecule has 1 heterocycles. The number of hydrogen-bond acceptors (Lipinski definition) is 6. The van der Waals surface area contributed by atoms with E-state index >= 15 is 0 Å². The molecule has 3 rings (SSSR count). The molecule has 0 saturated carbocycles. The average molecular weight is 390 g/mol. The number of hydrogen-bond donors (Lipinski definition) is 1. The molecular weight excluding hydrogens is 364 g/mol. The molecule has 2 N–H and O–H groups in total. The van der Waals surface area contributed by atoms with Crippen molar-refractivity contribution in [1.82, 2.24) is 9.97 Å². The molecule has 3 aromatic rings. The van der Waals surface area contributed by atoms with Gasteiger partial charge in [0.25, 0.3) is 0 Å². The van der Waals surface area contributed by atoms with Crippen LogP contribution in [0.1, 0.15) is 30.2 Å². The molecule has 6 heteroatoms. The van der Waals surface area contributed by atoms with Crippen molar-refractivity contribution in [2.75, 3.05) is 11.5 Å². The Morgan fingerprint density at radius 3 is 2.48 bits per heavy atom. The summed E-state index contributed by atoms with van der Waals surface area (Å²) in [6, 6.07) is 20.1. The van der Waals surface area contributed by atoms with E-state index in [1.54, 1.807) is 13.1 Å². The largest absolute Gasteiger partial charge is 0.466 e. The molecule has 0 spiro atoms. The first-order valence-electron chi connectivity index (χ1n) is 9.77. The van der Waals surface area contributed by atoms with Crippen molar-refractivity contribution < 1.29 is 9.53 Å². The molecule has 0 atom stereocenters. The summed E-state index contributed by atoms with van der Waals surface area (Å²) in [5, 5.41) is 0. The number of aryl methyl sites for hydroxylation is 1. The van der Waals surface area contributed by atoms with Crippen molar-refractivity contribution in [2.45, 2.75) is 32.9 Å². The minimum Gasteiger partial charge on any atom is -0.466 e. The highest BCUT2D eigenvalue weighted by Crippen LogP contribution is 2.25. The molecule has 0 fully saturated rings. The lowest BCUT2D eigenvalue weighted by atomic mass is 10.1. The second-order valence-electron chi connectivity index (χ2n) is 6.60. The molecule has 0 radical (unpaired) electrons. The number of nitrogens with zero attached hydrogens (tertiary/aromatic N) is 3. The second kappa shape index (κ2) is 10.3. The zero-order chi connectivity index (χ0) is 20.5. The molecule has 0 aliphatic carbocycles. The lowest BCUT2D eigenvalue weighted by Gasteiger charge is -2.23. The first kappa shape index (κ1) is 20.5. The van der Waals surface area contributed by atoms with Gasteiger partial charge in [-0.2, -0.15) is 0 Å². The summed E-state index contributed by atoms with van der Waals surface area (Å²) in [6.45, 7) is 3.32. The molecule has 0 unspecified atom stereocenters. The maximum atomic E-state index is 11.7. The summed E-state index contributed by atoms with van der Waals surface area (Å²) in [7, 11) is 0. The Hall–Kier alpha value is -3.25. The predicted molar refractivity (Wildman–Crippen MR) is 114 cm³/mol. The van der Waals surface area contributed by atoms with Crippen LogP contribution in [0.25, 0.3) is 0 Å². The molecule has 6 nitrogen and oxygen atoms in total. The Morgan fingerprint density at radius 1 is 1.03 bits per heavy atom. The molecule has 0 amide bonds. The quantitative estimate of drug-likeness (QED) is 0.560. The predicted octanol–water partition coefficient (Wildman–Crippen LogP) is 3.77. The SMILES string of the molecule is CCOC(=O)CCc1ccnc(N(Cc2ccccc2)c2ccc(CN)cc2)n1. The van der Waals surface area contributed by atoms with Crippen LogP contribution in [0.3, 0.4) is 0 Å². The van der Waals surface area contributed by atoms with Crippen molar-refractivity contribution in [3.63, 3.8) is 0 Å². The summed E-state index contributed by atoms with van der Waals surface area (Å²) in [4.78, 5) is 22.9. The van der Waals surface area contributed by atoms with Gasteiger partial charge >= 0.3 is 5.97 Å². The number of ether oxygens (including phenoxy) is 1. The molecule has 1 aromatic heterocycles. The van der Waals surface area contributed by atoms with Gasteiger partial charge in [0.05, 0.1) is 19.6 Å². The number of esters is 1. The van der Waals surface area contributed by atoms with Gasteiger partial charge in [-0.15, -0.1) is 0 Å². The number of carbonyl (C=O) groups excluding carboxylic acids is 1. The van der Waals surface area contributed by atoms with Crippen molar-refractivity contribution in [3.05, 3.63) is 83.7 Å². The molecule has 29 heavy (non-hydrogen) atoms. The summed E-state index contributed by atoms with van der Waals surface area (Å²) in [6.07, 6.45) is 2.54. The normalized spacial score (nSPS) is 10.6. The number of nitrogens with two attached hydrogens (primary N) is 1. The molecule has 150 valence electrons. The fraction of sp³-hybridized carbons (Fsp3) is 0.261. The highest BCUT2D eigenvalue weighted by atomic mass is 16.5. The van der Waals surface area contributed by atoms with Crippen LogP contribution in [0.2, 0.25) is 0 Å². The van der Waals surface area contributed by atoms with Gasteiger partial charge in [-0.25, -0.2) is 9.97 Å². The van der Waals surface area contributed by atoms with E-state index in [9.17, 15) is 4.79 Å². The maximum absolute atomic E-state index is 11.7. The first-order chi connectivity index (χ1) is 14.2. The van der Waals surface area contributed by atoms with E-state index in [-0.39, 0.29) is 5.97 Å². The number of anilines is 2. The van der Waals surface area contributed by atoms with E-state index in [0.29, 0.717) is 38.5 Å². The summed E-state index contributed by atoms with van der Waals surface area (Å²) in [5.74, 6) is 0.377. The van der Waals surface area contributed by atoms with E-state index in [1.165, 1.54) is 0 Å². The Bertz CT molecular complexity index is 914. The number of benzene rings is 2. The zero-order valence-corrected chi connectivity index (χ0v) is 16.6. The third kappa shape index (κ3) is 5.86. The van der Waals surface area contributed by atoms with Gasteiger partial charge in [0.2, 0.25) is 5.95 Å². The Labute approximate surface area is 171 Å². The highest BCUT2D eigenvalue weighted by Gasteiger charge is 2.14. The van der Waals surface area contributed by atoms with Gasteiger partial charge in [0.15, 0.2) is 0 Å². The van der Waals surface area contributed by atoms with Crippen LogP contribution in [0.5, 0.6) is 0 Å². The molecule has 2 aromatic carbocycles. The van der Waals surface area contributed by atoms with E-state index in [4.69, 9.17) is 15.5 Å². The maximum Gasteiger partial charge on any atom is 0.306 e. The zero-order valence-electron chi connectivity index (χ0n) is 16.6. The topological polar surface area (TPSA) is 81.3 Å². The van der Waals surface area contributed by atoms with E-state index < -0.39 is 0 Å². The monoisotopic (exact) mass is 390 g/mol. The van der Waals surface area contributed by atoms with Crippen molar-refractivity contribution in [2.24, 2.45) is 5.73 Å². The third-order valence-electron chi connectivity index (χ3n) is 4.50. The first-order valence-corrected chi connectivity index (χ1v) is 9.77. The highest BCUT2D eigenvalue weighted by molar-refractivity contribution is 5.69. The van der Waals surface area contributed by atoms with Gasteiger partial charge in [0.1, 0.15) is 0 Å². The summed E-state index contributed by atoms with van der Waals surface area (Å²) >= 11 is 0. The number of aromatic nitrogens is 2. The van der Waals surface area contributed by atoms with Crippen LogP contribution in [0.4, 0.5) is 11.6 Å². The Morgan fingerprint density at radius 2 is 1.79 bits per heavy atom. The fourth-order valence-corrected chi connectivity index (χ4v) is 2.97. The molecular formula is C23H26N4O2. The van der Waals surface area contributed by atoms with Crippen molar-refractivity contribution in [1.29, 1.82) is 0 Å². The van der Waals surface area contributed by atoms with Crippen LogP contribution in [0.15, 0.2) is 66.9 Å². The van der Waals surface area contributed by atoms with E-state index in [2.05, 4.69) is 22.0 Å². The molecule has 0 bridgehead atoms. The average Bonchev–Trinajstić information content (AvgIpc) is 2.77. The minimum atomic E-state index is -0.217. The smallest absolute Gasteiger partial charge is 0.306 e. The fourth-order valence-electron chi connectivity index (χ4n) is 2.97.